The highest BCUT2D eigenvalue weighted by molar-refractivity contribution is 5.75. The smallest absolute Gasteiger partial charge is 0.145 e. The van der Waals surface area contributed by atoms with Crippen LogP contribution in [-0.2, 0) is 0 Å². The lowest BCUT2D eigenvalue weighted by Gasteiger charge is -2.10. The molecule has 16 heavy (non-hydrogen) atoms. The third-order valence-electron chi connectivity index (χ3n) is 2.31. The molecule has 0 saturated heterocycles. The summed E-state index contributed by atoms with van der Waals surface area (Å²) in [5, 5.41) is 3.25. The molecule has 0 spiro atoms. The van der Waals surface area contributed by atoms with E-state index in [-0.39, 0.29) is 0 Å². The highest BCUT2D eigenvalue weighted by Gasteiger charge is 1.98. The predicted molar refractivity (Wildman–Crippen MR) is 66.6 cm³/mol. The van der Waals surface area contributed by atoms with Crippen molar-refractivity contribution < 1.29 is 0 Å². The summed E-state index contributed by atoms with van der Waals surface area (Å²) in [6.07, 6.45) is 1.78. The van der Waals surface area contributed by atoms with Gasteiger partial charge in [-0.25, -0.2) is 4.98 Å². The molecular formula is C12H16N4. The van der Waals surface area contributed by atoms with Crippen LogP contribution in [0, 0.1) is 0 Å². The fourth-order valence-electron chi connectivity index (χ4n) is 1.45. The topological polar surface area (TPSA) is 41.0 Å². The Hall–Kier alpha value is -1.68. The molecule has 0 amide bonds. The lowest BCUT2D eigenvalue weighted by Crippen LogP contribution is -2.21. The van der Waals surface area contributed by atoms with Crippen molar-refractivity contribution in [2.45, 2.75) is 0 Å². The zero-order chi connectivity index (χ0) is 11.4. The minimum atomic E-state index is 0.834. The van der Waals surface area contributed by atoms with Crippen LogP contribution in [0.15, 0.2) is 30.5 Å². The third kappa shape index (κ3) is 2.67. The monoisotopic (exact) mass is 216 g/mol. The molecule has 84 valence electrons. The Labute approximate surface area is 95.3 Å². The van der Waals surface area contributed by atoms with Crippen molar-refractivity contribution in [3.8, 4) is 0 Å². The Bertz CT molecular complexity index is 467. The molecule has 0 unspecified atom stereocenters. The predicted octanol–water partition coefficient (Wildman–Crippen LogP) is 1.60. The zero-order valence-electron chi connectivity index (χ0n) is 9.64. The minimum absolute atomic E-state index is 0.834. The van der Waals surface area contributed by atoms with E-state index in [9.17, 15) is 0 Å². The van der Waals surface area contributed by atoms with Crippen molar-refractivity contribution in [3.63, 3.8) is 0 Å². The highest BCUT2D eigenvalue weighted by Crippen LogP contribution is 2.10. The molecule has 0 aliphatic carbocycles. The van der Waals surface area contributed by atoms with Crippen LogP contribution >= 0.6 is 0 Å². The molecular weight excluding hydrogens is 200 g/mol. The third-order valence-corrected chi connectivity index (χ3v) is 2.31. The van der Waals surface area contributed by atoms with E-state index in [4.69, 9.17) is 0 Å². The summed E-state index contributed by atoms with van der Waals surface area (Å²) in [6, 6.07) is 7.88. The van der Waals surface area contributed by atoms with Gasteiger partial charge in [0.25, 0.3) is 0 Å². The Morgan fingerprint density at radius 2 is 1.94 bits per heavy atom. The largest absolute Gasteiger partial charge is 0.367 e. The lowest BCUT2D eigenvalue weighted by molar-refractivity contribution is 0.425. The quantitative estimate of drug-likeness (QED) is 0.843. The Morgan fingerprint density at radius 3 is 2.69 bits per heavy atom. The molecule has 1 heterocycles. The van der Waals surface area contributed by atoms with Crippen LogP contribution in [0.4, 0.5) is 5.82 Å². The molecule has 2 rings (SSSR count). The Morgan fingerprint density at radius 1 is 1.19 bits per heavy atom. The number of nitrogens with one attached hydrogen (secondary N) is 1. The van der Waals surface area contributed by atoms with Gasteiger partial charge in [0, 0.05) is 13.1 Å². The first-order valence-corrected chi connectivity index (χ1v) is 5.36. The van der Waals surface area contributed by atoms with E-state index in [0.29, 0.717) is 0 Å². The molecule has 0 aliphatic heterocycles. The van der Waals surface area contributed by atoms with Crippen molar-refractivity contribution >= 4 is 16.9 Å². The molecule has 4 heteroatoms. The van der Waals surface area contributed by atoms with E-state index < -0.39 is 0 Å². The van der Waals surface area contributed by atoms with Crippen LogP contribution in [0.1, 0.15) is 0 Å². The van der Waals surface area contributed by atoms with Crippen LogP contribution in [0.25, 0.3) is 11.0 Å². The number of rotatable bonds is 4. The number of anilines is 1. The lowest BCUT2D eigenvalue weighted by atomic mass is 10.3. The molecule has 0 aliphatic rings. The molecule has 0 saturated carbocycles. The molecule has 4 nitrogen and oxygen atoms in total. The van der Waals surface area contributed by atoms with Gasteiger partial charge in [0.2, 0.25) is 0 Å². The summed E-state index contributed by atoms with van der Waals surface area (Å²) in [5.74, 6) is 0.834. The van der Waals surface area contributed by atoms with Crippen LogP contribution in [0.3, 0.4) is 0 Å². The van der Waals surface area contributed by atoms with Crippen molar-refractivity contribution in [1.29, 1.82) is 0 Å². The fraction of sp³-hybridized carbons (Fsp3) is 0.333. The average Bonchev–Trinajstić information content (AvgIpc) is 2.28. The van der Waals surface area contributed by atoms with Gasteiger partial charge in [-0.1, -0.05) is 12.1 Å². The first-order chi connectivity index (χ1) is 7.75. The van der Waals surface area contributed by atoms with E-state index >= 15 is 0 Å². The Balaban J connectivity index is 2.08. The van der Waals surface area contributed by atoms with Gasteiger partial charge in [-0.2, -0.15) is 0 Å². The summed E-state index contributed by atoms with van der Waals surface area (Å²) in [7, 11) is 4.10. The number of aromatic nitrogens is 2. The number of fused-ring (bicyclic) bond motifs is 1. The molecule has 0 bridgehead atoms. The molecule has 0 radical (unpaired) electrons. The van der Waals surface area contributed by atoms with Crippen LogP contribution in [0.5, 0.6) is 0 Å². The highest BCUT2D eigenvalue weighted by atomic mass is 15.1. The maximum absolute atomic E-state index is 4.48. The van der Waals surface area contributed by atoms with Gasteiger partial charge in [-0.3, -0.25) is 4.98 Å². The summed E-state index contributed by atoms with van der Waals surface area (Å²) in [5.41, 5.74) is 1.86. The fourth-order valence-corrected chi connectivity index (χ4v) is 1.45. The van der Waals surface area contributed by atoms with Crippen LogP contribution < -0.4 is 5.32 Å². The average molecular weight is 216 g/mol. The van der Waals surface area contributed by atoms with Crippen molar-refractivity contribution in [2.24, 2.45) is 0 Å². The molecule has 2 aromatic rings. The van der Waals surface area contributed by atoms with Gasteiger partial charge in [0.05, 0.1) is 17.2 Å². The van der Waals surface area contributed by atoms with E-state index in [1.165, 1.54) is 0 Å². The summed E-state index contributed by atoms with van der Waals surface area (Å²) in [4.78, 5) is 10.9. The van der Waals surface area contributed by atoms with Gasteiger partial charge >= 0.3 is 0 Å². The second-order valence-corrected chi connectivity index (χ2v) is 3.97. The zero-order valence-corrected chi connectivity index (χ0v) is 9.64. The number of hydrogen-bond donors (Lipinski definition) is 1. The molecule has 0 fully saturated rings. The SMILES string of the molecule is CN(C)CCNc1cnc2ccccc2n1. The molecule has 1 aromatic heterocycles. The first-order valence-electron chi connectivity index (χ1n) is 5.36. The molecule has 1 aromatic carbocycles. The van der Waals surface area contributed by atoms with E-state index in [0.717, 1.165) is 29.9 Å². The van der Waals surface area contributed by atoms with Crippen LogP contribution in [0.2, 0.25) is 0 Å². The Kier molecular flexibility index (Phi) is 3.31. The number of likely N-dealkylation sites (N-methyl/N-ethyl adjacent to an activating group) is 1. The van der Waals surface area contributed by atoms with Gasteiger partial charge in [0.1, 0.15) is 5.82 Å². The molecule has 1 N–H and O–H groups in total. The van der Waals surface area contributed by atoms with Gasteiger partial charge in [-0.15, -0.1) is 0 Å². The normalized spacial score (nSPS) is 10.9. The second kappa shape index (κ2) is 4.90. The van der Waals surface area contributed by atoms with Gasteiger partial charge in [-0.05, 0) is 26.2 Å². The van der Waals surface area contributed by atoms with Crippen molar-refractivity contribution in [3.05, 3.63) is 30.5 Å². The minimum Gasteiger partial charge on any atom is -0.367 e. The number of para-hydroxylation sites is 2. The van der Waals surface area contributed by atoms with E-state index in [1.807, 2.05) is 38.4 Å². The maximum Gasteiger partial charge on any atom is 0.145 e. The standard InChI is InChI=1S/C12H16N4/c1-16(2)8-7-13-12-9-14-10-5-3-4-6-11(10)15-12/h3-6,9H,7-8H2,1-2H3,(H,13,15). The second-order valence-electron chi connectivity index (χ2n) is 3.97. The molecule has 0 atom stereocenters. The van der Waals surface area contributed by atoms with E-state index in [2.05, 4.69) is 20.2 Å². The summed E-state index contributed by atoms with van der Waals surface area (Å²) < 4.78 is 0. The van der Waals surface area contributed by atoms with Gasteiger partial charge < -0.3 is 10.2 Å². The first kappa shape index (κ1) is 10.8. The van der Waals surface area contributed by atoms with Crippen LogP contribution in [-0.4, -0.2) is 42.1 Å². The number of benzene rings is 1. The maximum atomic E-state index is 4.48. The number of hydrogen-bond acceptors (Lipinski definition) is 4. The van der Waals surface area contributed by atoms with Gasteiger partial charge in [0.15, 0.2) is 0 Å². The van der Waals surface area contributed by atoms with Crippen molar-refractivity contribution in [2.75, 3.05) is 32.5 Å². The van der Waals surface area contributed by atoms with Crippen molar-refractivity contribution in [1.82, 2.24) is 14.9 Å². The number of nitrogens with zero attached hydrogens (tertiary/aromatic N) is 3. The summed E-state index contributed by atoms with van der Waals surface area (Å²) in [6.45, 7) is 1.86. The summed E-state index contributed by atoms with van der Waals surface area (Å²) >= 11 is 0. The van der Waals surface area contributed by atoms with E-state index in [1.54, 1.807) is 6.20 Å².